The van der Waals surface area contributed by atoms with Gasteiger partial charge in [0.15, 0.2) is 5.78 Å². The number of nitrogens with zero attached hydrogens (tertiary/aromatic N) is 1. The average molecular weight is 464 g/mol. The summed E-state index contributed by atoms with van der Waals surface area (Å²) in [6.07, 6.45) is -0.200. The molecule has 3 rings (SSSR count). The number of hydrogen-bond acceptors (Lipinski definition) is 6. The number of ether oxygens (including phenoxy) is 1. The maximum absolute atomic E-state index is 13.2. The summed E-state index contributed by atoms with van der Waals surface area (Å²) < 4.78 is 43.1. The van der Waals surface area contributed by atoms with Gasteiger partial charge in [-0.25, -0.2) is 0 Å². The number of allylic oxidation sites excluding steroid dienone is 4. The fraction of sp³-hybridized carbons (Fsp3) is 0.278. The third kappa shape index (κ3) is 4.44. The molecule has 0 amide bonds. The molecular formula is C18H13ClF3NO4S2. The zero-order valence-corrected chi connectivity index (χ0v) is 17.4. The van der Waals surface area contributed by atoms with Crippen molar-refractivity contribution in [3.05, 3.63) is 50.2 Å². The van der Waals surface area contributed by atoms with Crippen LogP contribution in [-0.4, -0.2) is 35.2 Å². The first-order chi connectivity index (χ1) is 13.5. The summed E-state index contributed by atoms with van der Waals surface area (Å²) in [6, 6.07) is 1.15. The Hall–Kier alpha value is -2.04. The second-order valence-corrected chi connectivity index (χ2v) is 8.82. The minimum Gasteiger partial charge on any atom is -0.495 e. The number of fused-ring (bicyclic) bond motifs is 1. The normalized spacial score (nSPS) is 17.0. The van der Waals surface area contributed by atoms with E-state index in [1.54, 1.807) is 6.92 Å². The largest absolute Gasteiger partial charge is 0.495 e. The molecule has 0 fully saturated rings. The molecule has 5 nitrogen and oxygen atoms in total. The number of aliphatic imine (C=N–C) groups is 1. The second kappa shape index (κ2) is 8.00. The molecular weight excluding hydrogens is 451 g/mol. The number of carbonyl (C=O) groups excluding carboxylic acids is 1. The minimum atomic E-state index is -4.47. The summed E-state index contributed by atoms with van der Waals surface area (Å²) in [5.41, 5.74) is -2.86. The van der Waals surface area contributed by atoms with Gasteiger partial charge in [0.2, 0.25) is 0 Å². The molecule has 1 N–H and O–H groups in total. The number of methoxy groups -OCH3 is 1. The zero-order chi connectivity index (χ0) is 21.5. The van der Waals surface area contributed by atoms with Gasteiger partial charge in [-0.05, 0) is 30.3 Å². The molecule has 1 aromatic rings. The van der Waals surface area contributed by atoms with Gasteiger partial charge in [-0.15, -0.1) is 11.3 Å². The Morgan fingerprint density at radius 3 is 2.69 bits per heavy atom. The highest BCUT2D eigenvalue weighted by molar-refractivity contribution is 8.01. The van der Waals surface area contributed by atoms with E-state index in [4.69, 9.17) is 16.3 Å². The molecule has 29 heavy (non-hydrogen) atoms. The number of thioether (sulfide) groups is 1. The Morgan fingerprint density at radius 2 is 2.10 bits per heavy atom. The highest BCUT2D eigenvalue weighted by Gasteiger charge is 2.37. The van der Waals surface area contributed by atoms with Crippen LogP contribution in [0.15, 0.2) is 53.9 Å². The molecule has 0 bridgehead atoms. The summed E-state index contributed by atoms with van der Waals surface area (Å²) in [6.45, 7) is 1.63. The Balaban J connectivity index is 2.12. The maximum atomic E-state index is 13.2. The molecule has 2 aliphatic rings. The Kier molecular flexibility index (Phi) is 5.98. The van der Waals surface area contributed by atoms with Crippen LogP contribution in [-0.2, 0) is 9.53 Å². The van der Waals surface area contributed by atoms with Crippen LogP contribution in [0.3, 0.4) is 0 Å². The summed E-state index contributed by atoms with van der Waals surface area (Å²) >= 11 is 6.75. The highest BCUT2D eigenvalue weighted by atomic mass is 35.5. The second-order valence-electron chi connectivity index (χ2n) is 6.09. The summed E-state index contributed by atoms with van der Waals surface area (Å²) in [5.74, 6) is -1.64. The predicted octanol–water partition coefficient (Wildman–Crippen LogP) is 5.54. The smallest absolute Gasteiger partial charge is 0.447 e. The lowest BCUT2D eigenvalue weighted by Crippen LogP contribution is -2.20. The topological polar surface area (TPSA) is 76.0 Å². The number of thiophene rings is 1. The van der Waals surface area contributed by atoms with Crippen LogP contribution in [0.5, 0.6) is 0 Å². The quantitative estimate of drug-likeness (QED) is 0.442. The molecule has 2 heterocycles. The van der Waals surface area contributed by atoms with Crippen LogP contribution in [0.25, 0.3) is 0 Å². The number of halogens is 4. The Morgan fingerprint density at radius 1 is 1.41 bits per heavy atom. The molecule has 0 saturated heterocycles. The molecule has 1 aromatic heterocycles. The number of carbonyl (C=O) groups is 2. The number of ketones is 1. The number of carboxylic acids is 1. The first kappa shape index (κ1) is 21.7. The van der Waals surface area contributed by atoms with Crippen molar-refractivity contribution < 1.29 is 32.6 Å². The van der Waals surface area contributed by atoms with Crippen LogP contribution in [0.2, 0.25) is 0 Å². The molecule has 11 heteroatoms. The fourth-order valence-electron chi connectivity index (χ4n) is 3.12. The van der Waals surface area contributed by atoms with Crippen LogP contribution >= 0.6 is 34.7 Å². The van der Waals surface area contributed by atoms with Crippen LogP contribution in [0.4, 0.5) is 13.2 Å². The van der Waals surface area contributed by atoms with E-state index >= 15 is 0 Å². The summed E-state index contributed by atoms with van der Waals surface area (Å²) in [5, 5.41) is 10.8. The minimum absolute atomic E-state index is 0.0111. The zero-order valence-electron chi connectivity index (χ0n) is 15.0. The number of aliphatic carboxylic acids is 1. The van der Waals surface area contributed by atoms with Crippen molar-refractivity contribution in [1.29, 1.82) is 0 Å². The van der Waals surface area contributed by atoms with Gasteiger partial charge in [-0.3, -0.25) is 14.6 Å². The van der Waals surface area contributed by atoms with Gasteiger partial charge in [0.1, 0.15) is 5.76 Å². The predicted molar refractivity (Wildman–Crippen MR) is 104 cm³/mol. The first-order valence-electron chi connectivity index (χ1n) is 8.08. The Labute approximate surface area is 176 Å². The molecule has 1 aliphatic heterocycles. The molecule has 0 spiro atoms. The van der Waals surface area contributed by atoms with Crippen LogP contribution in [0, 0.1) is 0 Å². The first-order valence-corrected chi connectivity index (χ1v) is 10.1. The monoisotopic (exact) mass is 463 g/mol. The van der Waals surface area contributed by atoms with Crippen molar-refractivity contribution in [1.82, 2.24) is 0 Å². The third-order valence-electron chi connectivity index (χ3n) is 4.19. The molecule has 0 aromatic carbocycles. The van der Waals surface area contributed by atoms with Crippen molar-refractivity contribution in [3.8, 4) is 0 Å². The van der Waals surface area contributed by atoms with E-state index in [9.17, 15) is 27.9 Å². The van der Waals surface area contributed by atoms with E-state index in [0.717, 1.165) is 17.4 Å². The van der Waals surface area contributed by atoms with Crippen LogP contribution in [0.1, 0.15) is 30.1 Å². The molecule has 0 unspecified atom stereocenters. The number of rotatable bonds is 6. The van der Waals surface area contributed by atoms with E-state index in [1.807, 2.05) is 0 Å². The van der Waals surface area contributed by atoms with E-state index < -0.39 is 17.3 Å². The van der Waals surface area contributed by atoms with E-state index in [2.05, 4.69) is 4.99 Å². The lowest BCUT2D eigenvalue weighted by atomic mass is 9.85. The van der Waals surface area contributed by atoms with Crippen molar-refractivity contribution in [3.63, 3.8) is 0 Å². The van der Waals surface area contributed by atoms with Crippen molar-refractivity contribution >= 4 is 52.2 Å². The molecule has 0 radical (unpaired) electrons. The van der Waals surface area contributed by atoms with E-state index in [0.29, 0.717) is 22.6 Å². The van der Waals surface area contributed by atoms with E-state index in [-0.39, 0.29) is 50.7 Å². The van der Waals surface area contributed by atoms with Crippen molar-refractivity contribution in [2.24, 2.45) is 4.99 Å². The van der Waals surface area contributed by atoms with Gasteiger partial charge in [-0.1, -0.05) is 11.6 Å². The van der Waals surface area contributed by atoms with E-state index in [1.165, 1.54) is 12.5 Å². The van der Waals surface area contributed by atoms with Gasteiger partial charge in [0.05, 0.1) is 34.1 Å². The molecule has 1 aliphatic carbocycles. The Bertz CT molecular complexity index is 1030. The lowest BCUT2D eigenvalue weighted by Gasteiger charge is -2.22. The van der Waals surface area contributed by atoms with Crippen molar-refractivity contribution in [2.45, 2.75) is 29.5 Å². The molecule has 0 atom stereocenters. The molecule has 154 valence electrons. The SMILES string of the molecule is COC1=C(Cl)CC2=NC(C)=C(CC(=O)O)C2=C1C(=O)c1csc(SC(F)(F)F)c1. The maximum Gasteiger partial charge on any atom is 0.447 e. The third-order valence-corrected chi connectivity index (χ3v) is 6.31. The number of Topliss-reactive ketones (excluding diaryl/α,β-unsaturated/α-hetero) is 1. The van der Waals surface area contributed by atoms with Crippen LogP contribution < -0.4 is 0 Å². The van der Waals surface area contributed by atoms with Gasteiger partial charge in [0.25, 0.3) is 0 Å². The van der Waals surface area contributed by atoms with Gasteiger partial charge >= 0.3 is 11.5 Å². The van der Waals surface area contributed by atoms with Gasteiger partial charge < -0.3 is 9.84 Å². The molecule has 0 saturated carbocycles. The summed E-state index contributed by atoms with van der Waals surface area (Å²) in [4.78, 5) is 28.9. The number of hydrogen-bond donors (Lipinski definition) is 1. The number of alkyl halides is 3. The van der Waals surface area contributed by atoms with Gasteiger partial charge in [0, 0.05) is 28.6 Å². The number of carboxylic acid groups (broad SMARTS) is 1. The lowest BCUT2D eigenvalue weighted by molar-refractivity contribution is -0.136. The summed E-state index contributed by atoms with van der Waals surface area (Å²) in [7, 11) is 1.31. The standard InChI is InChI=1S/C18H13ClF3NO4S2/c1-7-9(4-12(24)25)14-11(23-7)5-10(19)17(27-2)15(14)16(26)8-3-13(28-6-8)29-18(20,21)22/h3,6H,4-5H2,1-2H3,(H,24,25). The van der Waals surface area contributed by atoms with Crippen molar-refractivity contribution in [2.75, 3.05) is 7.11 Å². The highest BCUT2D eigenvalue weighted by Crippen LogP contribution is 2.44. The fourth-order valence-corrected chi connectivity index (χ4v) is 5.07. The average Bonchev–Trinajstić information content (AvgIpc) is 3.16. The van der Waals surface area contributed by atoms with Gasteiger partial charge in [-0.2, -0.15) is 13.2 Å².